The van der Waals surface area contributed by atoms with Crippen LogP contribution in [0.5, 0.6) is 0 Å². The molecule has 0 radical (unpaired) electrons. The lowest BCUT2D eigenvalue weighted by atomic mass is 10.1. The Balaban J connectivity index is 2.33. The minimum Gasteiger partial charge on any atom is -0.264 e. The molecule has 1 aromatic heterocycles. The summed E-state index contributed by atoms with van der Waals surface area (Å²) in [4.78, 5) is 4.32. The predicted molar refractivity (Wildman–Crippen MR) is 76.4 cm³/mol. The number of nitrogens with one attached hydrogen (secondary N) is 1. The van der Waals surface area contributed by atoms with Gasteiger partial charge in [0.1, 0.15) is 0 Å². The summed E-state index contributed by atoms with van der Waals surface area (Å²) < 4.78 is 27.2. The van der Waals surface area contributed by atoms with Crippen LogP contribution in [0.1, 0.15) is 20.3 Å². The van der Waals surface area contributed by atoms with Gasteiger partial charge in [-0.25, -0.2) is 13.1 Å². The quantitative estimate of drug-likeness (QED) is 0.914. The lowest BCUT2D eigenvalue weighted by molar-refractivity contribution is 0.552. The maximum atomic E-state index is 12.3. The zero-order valence-corrected chi connectivity index (χ0v) is 11.9. The van der Waals surface area contributed by atoms with E-state index in [0.29, 0.717) is 22.7 Å². The summed E-state index contributed by atoms with van der Waals surface area (Å²) in [7, 11) is -3.46. The van der Waals surface area contributed by atoms with Crippen LogP contribution in [0.4, 0.5) is 0 Å². The minimum atomic E-state index is -3.46. The van der Waals surface area contributed by atoms with Crippen LogP contribution in [0.3, 0.4) is 0 Å². The molecular formula is C14H18N2O2S. The van der Waals surface area contributed by atoms with Crippen molar-refractivity contribution in [2.45, 2.75) is 25.2 Å². The van der Waals surface area contributed by atoms with Gasteiger partial charge in [0.05, 0.1) is 4.90 Å². The van der Waals surface area contributed by atoms with Crippen molar-refractivity contribution in [2.75, 3.05) is 6.54 Å². The number of sulfonamides is 1. The highest BCUT2D eigenvalue weighted by Gasteiger charge is 2.16. The molecule has 0 unspecified atom stereocenters. The lowest BCUT2D eigenvalue weighted by Crippen LogP contribution is -2.25. The Labute approximate surface area is 113 Å². The average molecular weight is 278 g/mol. The van der Waals surface area contributed by atoms with Crippen molar-refractivity contribution in [2.24, 2.45) is 5.92 Å². The SMILES string of the molecule is CC(C)CCNS(=O)(=O)c1cccc2cnccc12. The van der Waals surface area contributed by atoms with E-state index in [9.17, 15) is 8.42 Å². The number of aromatic nitrogens is 1. The summed E-state index contributed by atoms with van der Waals surface area (Å²) in [6.45, 7) is 4.59. The molecule has 0 amide bonds. The molecule has 102 valence electrons. The molecule has 2 rings (SSSR count). The first-order valence-corrected chi connectivity index (χ1v) is 7.81. The highest BCUT2D eigenvalue weighted by molar-refractivity contribution is 7.89. The zero-order valence-electron chi connectivity index (χ0n) is 11.1. The van der Waals surface area contributed by atoms with E-state index < -0.39 is 10.0 Å². The molecule has 1 N–H and O–H groups in total. The van der Waals surface area contributed by atoms with Gasteiger partial charge in [-0.2, -0.15) is 0 Å². The molecule has 0 aliphatic carbocycles. The Morgan fingerprint density at radius 1 is 1.26 bits per heavy atom. The Hall–Kier alpha value is -1.46. The van der Waals surface area contributed by atoms with Crippen molar-refractivity contribution in [1.29, 1.82) is 0 Å². The first-order chi connectivity index (χ1) is 9.00. The second-order valence-corrected chi connectivity index (χ2v) is 6.67. The Bertz CT molecular complexity index is 661. The fraction of sp³-hybridized carbons (Fsp3) is 0.357. The molecule has 0 aliphatic heterocycles. The van der Waals surface area contributed by atoms with Crippen LogP contribution in [-0.2, 0) is 10.0 Å². The van der Waals surface area contributed by atoms with E-state index in [1.165, 1.54) is 0 Å². The zero-order chi connectivity index (χ0) is 13.9. The van der Waals surface area contributed by atoms with Crippen LogP contribution in [0, 0.1) is 5.92 Å². The largest absolute Gasteiger partial charge is 0.264 e. The third kappa shape index (κ3) is 3.30. The average Bonchev–Trinajstić information content (AvgIpc) is 2.37. The van der Waals surface area contributed by atoms with Gasteiger partial charge in [-0.05, 0) is 24.5 Å². The second kappa shape index (κ2) is 5.67. The summed E-state index contributed by atoms with van der Waals surface area (Å²) in [6, 6.07) is 6.95. The molecule has 0 atom stereocenters. The number of hydrogen-bond acceptors (Lipinski definition) is 3. The number of benzene rings is 1. The summed E-state index contributed by atoms with van der Waals surface area (Å²) in [5, 5.41) is 1.53. The summed E-state index contributed by atoms with van der Waals surface area (Å²) in [6.07, 6.45) is 4.10. The van der Waals surface area contributed by atoms with E-state index in [-0.39, 0.29) is 0 Å². The molecule has 5 heteroatoms. The predicted octanol–water partition coefficient (Wildman–Crippen LogP) is 2.56. The number of rotatable bonds is 5. The first kappa shape index (κ1) is 14.0. The van der Waals surface area contributed by atoms with E-state index in [0.717, 1.165) is 11.8 Å². The van der Waals surface area contributed by atoms with E-state index in [1.54, 1.807) is 30.6 Å². The van der Waals surface area contributed by atoms with Crippen molar-refractivity contribution < 1.29 is 8.42 Å². The Kier molecular flexibility index (Phi) is 4.17. The van der Waals surface area contributed by atoms with Crippen LogP contribution < -0.4 is 4.72 Å². The second-order valence-electron chi connectivity index (χ2n) is 4.93. The fourth-order valence-electron chi connectivity index (χ4n) is 1.89. The highest BCUT2D eigenvalue weighted by Crippen LogP contribution is 2.21. The Morgan fingerprint density at radius 3 is 2.79 bits per heavy atom. The molecule has 0 fully saturated rings. The van der Waals surface area contributed by atoms with Gasteiger partial charge in [0.2, 0.25) is 10.0 Å². The monoisotopic (exact) mass is 278 g/mol. The maximum Gasteiger partial charge on any atom is 0.241 e. The third-order valence-electron chi connectivity index (χ3n) is 2.94. The van der Waals surface area contributed by atoms with Crippen LogP contribution in [0.15, 0.2) is 41.6 Å². The molecule has 1 aromatic carbocycles. The summed E-state index contributed by atoms with van der Waals surface area (Å²) in [5.41, 5.74) is 0. The molecule has 1 heterocycles. The fourth-order valence-corrected chi connectivity index (χ4v) is 3.16. The van der Waals surface area contributed by atoms with Gasteiger partial charge in [0.15, 0.2) is 0 Å². The Morgan fingerprint density at radius 2 is 2.05 bits per heavy atom. The topological polar surface area (TPSA) is 59.1 Å². The van der Waals surface area contributed by atoms with Gasteiger partial charge in [0, 0.05) is 29.7 Å². The minimum absolute atomic E-state index is 0.316. The molecule has 0 saturated carbocycles. The van der Waals surface area contributed by atoms with Gasteiger partial charge >= 0.3 is 0 Å². The highest BCUT2D eigenvalue weighted by atomic mass is 32.2. The smallest absolute Gasteiger partial charge is 0.241 e. The number of nitrogens with zero attached hydrogens (tertiary/aromatic N) is 1. The van der Waals surface area contributed by atoms with E-state index in [1.807, 2.05) is 6.07 Å². The van der Waals surface area contributed by atoms with Crippen molar-refractivity contribution >= 4 is 20.8 Å². The standard InChI is InChI=1S/C14H18N2O2S/c1-11(2)6-9-16-19(17,18)14-5-3-4-12-10-15-8-7-13(12)14/h3-5,7-8,10-11,16H,6,9H2,1-2H3. The van der Waals surface area contributed by atoms with Crippen molar-refractivity contribution in [1.82, 2.24) is 9.71 Å². The van der Waals surface area contributed by atoms with Crippen LogP contribution in [0.25, 0.3) is 10.8 Å². The molecule has 0 spiro atoms. The van der Waals surface area contributed by atoms with Crippen molar-refractivity contribution in [3.63, 3.8) is 0 Å². The van der Waals surface area contributed by atoms with Gasteiger partial charge in [-0.1, -0.05) is 26.0 Å². The number of hydrogen-bond donors (Lipinski definition) is 1. The molecule has 2 aromatic rings. The summed E-state index contributed by atoms with van der Waals surface area (Å²) >= 11 is 0. The summed E-state index contributed by atoms with van der Waals surface area (Å²) in [5.74, 6) is 0.472. The first-order valence-electron chi connectivity index (χ1n) is 6.33. The molecule has 19 heavy (non-hydrogen) atoms. The van der Waals surface area contributed by atoms with E-state index >= 15 is 0 Å². The van der Waals surface area contributed by atoms with Gasteiger partial charge in [-0.15, -0.1) is 0 Å². The van der Waals surface area contributed by atoms with Crippen molar-refractivity contribution in [3.8, 4) is 0 Å². The van der Waals surface area contributed by atoms with E-state index in [2.05, 4.69) is 23.6 Å². The molecule has 0 saturated heterocycles. The van der Waals surface area contributed by atoms with Gasteiger partial charge < -0.3 is 0 Å². The molecular weight excluding hydrogens is 260 g/mol. The molecule has 4 nitrogen and oxygen atoms in total. The normalized spacial score (nSPS) is 12.2. The maximum absolute atomic E-state index is 12.3. The van der Waals surface area contributed by atoms with Crippen molar-refractivity contribution in [3.05, 3.63) is 36.7 Å². The molecule has 0 bridgehead atoms. The number of pyridine rings is 1. The third-order valence-corrected chi connectivity index (χ3v) is 4.46. The van der Waals surface area contributed by atoms with Crippen LogP contribution in [0.2, 0.25) is 0 Å². The lowest BCUT2D eigenvalue weighted by Gasteiger charge is -2.10. The molecule has 0 aliphatic rings. The van der Waals surface area contributed by atoms with Gasteiger partial charge in [-0.3, -0.25) is 4.98 Å². The van der Waals surface area contributed by atoms with E-state index in [4.69, 9.17) is 0 Å². The van der Waals surface area contributed by atoms with Crippen LogP contribution >= 0.6 is 0 Å². The van der Waals surface area contributed by atoms with Crippen LogP contribution in [-0.4, -0.2) is 19.9 Å². The number of fused-ring (bicyclic) bond motifs is 1. The van der Waals surface area contributed by atoms with Gasteiger partial charge in [0.25, 0.3) is 0 Å².